The van der Waals surface area contributed by atoms with E-state index in [2.05, 4.69) is 208 Å². The third-order valence-corrected chi connectivity index (χ3v) is 26.2. The van der Waals surface area contributed by atoms with Gasteiger partial charge in [-0.15, -0.1) is 69.1 Å². The third kappa shape index (κ3) is 8.31. The van der Waals surface area contributed by atoms with E-state index in [0.29, 0.717) is 0 Å². The molecule has 0 spiro atoms. The van der Waals surface area contributed by atoms with E-state index >= 15 is 0 Å². The predicted octanol–water partition coefficient (Wildman–Crippen LogP) is 14.1. The minimum atomic E-state index is -2.26. The molecule has 0 saturated heterocycles. The molecule has 0 heterocycles. The molecule has 0 nitrogen and oxygen atoms in total. The average molecular weight is 855 g/mol. The molecular formula is C52H40Cl2SiZr-2. The first kappa shape index (κ1) is 38.1. The molecule has 0 N–H and O–H groups in total. The molecule has 10 aromatic rings. The Hall–Kier alpha value is -4.82. The van der Waals surface area contributed by atoms with Crippen molar-refractivity contribution in [3.63, 3.8) is 0 Å². The quantitative estimate of drug-likeness (QED) is 0.122. The van der Waals surface area contributed by atoms with Crippen LogP contribution in [0, 0.1) is 13.8 Å². The van der Waals surface area contributed by atoms with E-state index in [1.54, 1.807) is 0 Å². The Kier molecular flexibility index (Phi) is 11.9. The molecule has 56 heavy (non-hydrogen) atoms. The van der Waals surface area contributed by atoms with E-state index in [9.17, 15) is 0 Å². The van der Waals surface area contributed by atoms with E-state index in [0.717, 1.165) is 0 Å². The summed E-state index contributed by atoms with van der Waals surface area (Å²) in [7, 11) is 12.6. The Morgan fingerprint density at radius 1 is 0.375 bits per heavy atom. The van der Waals surface area contributed by atoms with Gasteiger partial charge in [-0.25, -0.2) is 0 Å². The van der Waals surface area contributed by atoms with Crippen LogP contribution in [-0.4, -0.2) is 5.43 Å². The van der Waals surface area contributed by atoms with Gasteiger partial charge in [0.1, 0.15) is 0 Å². The van der Waals surface area contributed by atoms with Gasteiger partial charge in [0.2, 0.25) is 0 Å². The Labute approximate surface area is 344 Å². The summed E-state index contributed by atoms with van der Waals surface area (Å²) in [5.41, 5.74) is 7.05. The van der Waals surface area contributed by atoms with Crippen LogP contribution in [0.4, 0.5) is 0 Å². The van der Waals surface area contributed by atoms with Crippen LogP contribution < -0.4 is 10.4 Å². The molecule has 0 bridgehead atoms. The third-order valence-electron chi connectivity index (χ3n) is 10.3. The van der Waals surface area contributed by atoms with E-state index in [1.807, 2.05) is 12.1 Å². The van der Waals surface area contributed by atoms with Crippen LogP contribution in [0.25, 0.3) is 65.3 Å². The van der Waals surface area contributed by atoms with Gasteiger partial charge >= 0.3 is 111 Å². The molecule has 10 aromatic carbocycles. The summed E-state index contributed by atoms with van der Waals surface area (Å²) in [6.45, 7) is 4.32. The maximum atomic E-state index is 6.32. The van der Waals surface area contributed by atoms with Crippen molar-refractivity contribution in [2.24, 2.45) is 0 Å². The first-order chi connectivity index (χ1) is 27.4. The Bertz CT molecular complexity index is 2750. The van der Waals surface area contributed by atoms with Crippen LogP contribution in [0.1, 0.15) is 11.1 Å². The van der Waals surface area contributed by atoms with Gasteiger partial charge in [-0.3, -0.25) is 0 Å². The van der Waals surface area contributed by atoms with Gasteiger partial charge in [0.05, 0.1) is 0 Å². The first-order valence-electron chi connectivity index (χ1n) is 18.9. The van der Waals surface area contributed by atoms with Gasteiger partial charge < -0.3 is 0 Å². The Morgan fingerprint density at radius 3 is 1.12 bits per heavy atom. The summed E-state index contributed by atoms with van der Waals surface area (Å²) in [5, 5.41) is 13.2. The molecule has 0 atom stereocenters. The fourth-order valence-electron chi connectivity index (χ4n) is 7.75. The van der Waals surface area contributed by atoms with Gasteiger partial charge in [0, 0.05) is 0 Å². The number of rotatable bonds is 4. The summed E-state index contributed by atoms with van der Waals surface area (Å²) in [4.78, 5) is 0. The van der Waals surface area contributed by atoms with Crippen molar-refractivity contribution in [2.45, 2.75) is 13.8 Å². The Morgan fingerprint density at radius 2 is 0.714 bits per heavy atom. The summed E-state index contributed by atoms with van der Waals surface area (Å²) >= 11 is -2.26. The van der Waals surface area contributed by atoms with Gasteiger partial charge in [-0.1, -0.05) is 122 Å². The molecule has 0 unspecified atom stereocenters. The van der Waals surface area contributed by atoms with Crippen molar-refractivity contribution in [1.82, 2.24) is 0 Å². The van der Waals surface area contributed by atoms with Crippen molar-refractivity contribution in [3.05, 3.63) is 217 Å². The minimum absolute atomic E-state index is 0.889. The molecule has 0 radical (unpaired) electrons. The zero-order valence-electron chi connectivity index (χ0n) is 31.4. The fourth-order valence-corrected chi connectivity index (χ4v) is 23.0. The van der Waals surface area contributed by atoms with Crippen molar-refractivity contribution in [1.29, 1.82) is 0 Å². The number of benzene rings is 8. The SMILES string of the molecule is Cc1cc2c(-c3cccc4ccccc34)cccc2[cH-]1.Cc1cc2c(-c3cccc4ccccc34)cccc2[cH-]1.[Cl][Zr]([Cl])=[Si](c1ccccc1)c1ccccc1. The van der Waals surface area contributed by atoms with Gasteiger partial charge in [0.25, 0.3) is 0 Å². The molecule has 10 rings (SSSR count). The summed E-state index contributed by atoms with van der Waals surface area (Å²) < 4.78 is 0. The number of hydrogen-bond donors (Lipinski definition) is 0. The van der Waals surface area contributed by atoms with Crippen molar-refractivity contribution < 1.29 is 18.0 Å². The first-order valence-corrected chi connectivity index (χ1v) is 30.4. The molecule has 0 fully saturated rings. The van der Waals surface area contributed by atoms with Crippen LogP contribution in [0.15, 0.2) is 206 Å². The molecule has 0 aliphatic carbocycles. The van der Waals surface area contributed by atoms with Gasteiger partial charge in [-0.2, -0.15) is 12.1 Å². The normalized spacial score (nSPS) is 10.9. The van der Waals surface area contributed by atoms with Crippen molar-refractivity contribution in [3.8, 4) is 22.3 Å². The zero-order chi connectivity index (χ0) is 38.4. The van der Waals surface area contributed by atoms with Crippen molar-refractivity contribution in [2.75, 3.05) is 0 Å². The zero-order valence-corrected chi connectivity index (χ0v) is 36.4. The van der Waals surface area contributed by atoms with E-state index in [1.165, 1.54) is 86.8 Å². The van der Waals surface area contributed by atoms with Crippen LogP contribution in [0.3, 0.4) is 0 Å². The van der Waals surface area contributed by atoms with Crippen LogP contribution >= 0.6 is 17.0 Å². The van der Waals surface area contributed by atoms with E-state index < -0.39 is 23.4 Å². The van der Waals surface area contributed by atoms with E-state index in [4.69, 9.17) is 17.0 Å². The van der Waals surface area contributed by atoms with Gasteiger partial charge in [-0.05, 0) is 32.7 Å². The summed E-state index contributed by atoms with van der Waals surface area (Å²) in [6, 6.07) is 73.4. The standard InChI is InChI=1S/2C20H15.C12H10Si.2ClH.Zr/c2*1-14-12-16-8-5-11-19(20(16)13-14)18-10-4-7-15-6-2-3-9-17(15)18;1-3-7-11(8-4-1)13-12-9-5-2-6-10-12;;;/h2*2-13H,1H3;1-10H;2*1H;/q2*-1;;;;+2/p-2. The molecule has 0 aromatic heterocycles. The number of hydrogen-bond acceptors (Lipinski definition) is 0. The second-order valence-corrected chi connectivity index (χ2v) is 33.3. The fraction of sp³-hybridized carbons (Fsp3) is 0.0385. The van der Waals surface area contributed by atoms with Gasteiger partial charge in [0.15, 0.2) is 0 Å². The molecule has 0 aliphatic heterocycles. The topological polar surface area (TPSA) is 0 Å². The van der Waals surface area contributed by atoms with Crippen LogP contribution in [0.5, 0.6) is 0 Å². The Balaban J connectivity index is 0.000000119. The second-order valence-electron chi connectivity index (χ2n) is 14.1. The molecule has 0 amide bonds. The predicted molar refractivity (Wildman–Crippen MR) is 244 cm³/mol. The van der Waals surface area contributed by atoms with Crippen molar-refractivity contribution >= 4 is 75.9 Å². The monoisotopic (exact) mass is 852 g/mol. The molecule has 0 saturated carbocycles. The number of aryl methyl sites for hydroxylation is 2. The summed E-state index contributed by atoms with van der Waals surface area (Å²) in [6.07, 6.45) is 0. The molecular weight excluding hydrogens is 815 g/mol. The molecule has 0 aliphatic rings. The number of fused-ring (bicyclic) bond motifs is 4. The maximum absolute atomic E-state index is 6.32. The number of halogens is 2. The second kappa shape index (κ2) is 17.5. The molecule has 272 valence electrons. The summed E-state index contributed by atoms with van der Waals surface area (Å²) in [5.74, 6) is 0. The average Bonchev–Trinajstić information content (AvgIpc) is 3.82. The van der Waals surface area contributed by atoms with Crippen LogP contribution in [0.2, 0.25) is 0 Å². The van der Waals surface area contributed by atoms with Crippen LogP contribution in [-0.2, 0) is 18.0 Å². The molecule has 4 heteroatoms. The van der Waals surface area contributed by atoms with E-state index in [-0.39, 0.29) is 0 Å².